The maximum atomic E-state index is 11.6. The molecule has 2 atom stereocenters. The van der Waals surface area contributed by atoms with Crippen molar-refractivity contribution in [2.24, 2.45) is 0 Å². The van der Waals surface area contributed by atoms with E-state index in [9.17, 15) is 14.7 Å². The zero-order valence-corrected chi connectivity index (χ0v) is 12.1. The number of alkyl carbamates (subject to hydrolysis) is 1. The summed E-state index contributed by atoms with van der Waals surface area (Å²) >= 11 is 0. The molecule has 0 aromatic carbocycles. The first kappa shape index (κ1) is 17.7. The van der Waals surface area contributed by atoms with Gasteiger partial charge in [0.05, 0.1) is 7.11 Å². The number of aliphatic hydroxyl groups excluding tert-OH is 1. The van der Waals surface area contributed by atoms with E-state index in [1.54, 1.807) is 20.8 Å². The fourth-order valence-corrected chi connectivity index (χ4v) is 1.27. The summed E-state index contributed by atoms with van der Waals surface area (Å²) in [5, 5.41) is 11.7. The summed E-state index contributed by atoms with van der Waals surface area (Å²) in [6.07, 6.45) is -1.34. The molecule has 0 aliphatic rings. The minimum Gasteiger partial charge on any atom is -0.467 e. The molecule has 2 N–H and O–H groups in total. The molecular formula is C12H23NO6. The summed E-state index contributed by atoms with van der Waals surface area (Å²) in [6, 6.07) is -0.885. The van der Waals surface area contributed by atoms with Crippen LogP contribution in [0.1, 0.15) is 33.6 Å². The van der Waals surface area contributed by atoms with Gasteiger partial charge in [-0.05, 0) is 27.2 Å². The van der Waals surface area contributed by atoms with Gasteiger partial charge in [0.1, 0.15) is 11.6 Å². The highest BCUT2D eigenvalue weighted by Crippen LogP contribution is 2.09. The summed E-state index contributed by atoms with van der Waals surface area (Å²) in [6.45, 7) is 5.15. The van der Waals surface area contributed by atoms with Crippen LogP contribution in [0.25, 0.3) is 0 Å². The predicted octanol–water partition coefficient (Wildman–Crippen LogP) is 0.798. The Morgan fingerprint density at radius 2 is 1.79 bits per heavy atom. The molecule has 0 spiro atoms. The van der Waals surface area contributed by atoms with Crippen LogP contribution in [0.15, 0.2) is 0 Å². The predicted molar refractivity (Wildman–Crippen MR) is 67.4 cm³/mol. The summed E-state index contributed by atoms with van der Waals surface area (Å²) in [5.41, 5.74) is -0.656. The largest absolute Gasteiger partial charge is 0.467 e. The second-order valence-electron chi connectivity index (χ2n) is 4.99. The second-order valence-corrected chi connectivity index (χ2v) is 4.99. The van der Waals surface area contributed by atoms with Gasteiger partial charge in [-0.1, -0.05) is 0 Å². The third-order valence-corrected chi connectivity index (χ3v) is 2.15. The number of amides is 1. The van der Waals surface area contributed by atoms with Crippen LogP contribution >= 0.6 is 0 Å². The number of carbonyl (C=O) groups excluding carboxylic acids is 2. The molecule has 7 heteroatoms. The van der Waals surface area contributed by atoms with Crippen LogP contribution in [0, 0.1) is 0 Å². The third-order valence-electron chi connectivity index (χ3n) is 2.15. The van der Waals surface area contributed by atoms with Crippen molar-refractivity contribution in [3.63, 3.8) is 0 Å². The molecule has 0 rings (SSSR count). The van der Waals surface area contributed by atoms with Crippen LogP contribution in [0.5, 0.6) is 0 Å². The molecular weight excluding hydrogens is 254 g/mol. The number of carbonyl (C=O) groups is 2. The Morgan fingerprint density at radius 3 is 2.21 bits per heavy atom. The maximum absolute atomic E-state index is 11.6. The Morgan fingerprint density at radius 1 is 1.21 bits per heavy atom. The van der Waals surface area contributed by atoms with E-state index in [-0.39, 0.29) is 12.8 Å². The van der Waals surface area contributed by atoms with Crippen LogP contribution in [0.4, 0.5) is 4.79 Å². The van der Waals surface area contributed by atoms with E-state index in [0.29, 0.717) is 0 Å². The summed E-state index contributed by atoms with van der Waals surface area (Å²) in [7, 11) is 2.57. The van der Waals surface area contributed by atoms with Crippen molar-refractivity contribution in [1.29, 1.82) is 0 Å². The highest BCUT2D eigenvalue weighted by atomic mass is 16.6. The molecule has 0 aromatic rings. The number of esters is 1. The minimum atomic E-state index is -0.993. The van der Waals surface area contributed by atoms with Crippen molar-refractivity contribution in [2.45, 2.75) is 51.5 Å². The lowest BCUT2D eigenvalue weighted by Crippen LogP contribution is -2.44. The van der Waals surface area contributed by atoms with Gasteiger partial charge in [-0.3, -0.25) is 0 Å². The Bertz CT molecular complexity index is 299. The van der Waals surface area contributed by atoms with Gasteiger partial charge in [-0.2, -0.15) is 0 Å². The lowest BCUT2D eigenvalue weighted by molar-refractivity contribution is -0.144. The van der Waals surface area contributed by atoms with Crippen molar-refractivity contribution >= 4 is 12.1 Å². The number of nitrogens with one attached hydrogen (secondary N) is 1. The normalized spacial score (nSPS) is 14.4. The Balaban J connectivity index is 4.43. The average molecular weight is 277 g/mol. The molecule has 0 bridgehead atoms. The molecule has 0 aromatic heterocycles. The van der Waals surface area contributed by atoms with Crippen molar-refractivity contribution < 1.29 is 28.9 Å². The molecule has 0 fully saturated rings. The quantitative estimate of drug-likeness (QED) is 0.551. The van der Waals surface area contributed by atoms with Crippen LogP contribution in [0.3, 0.4) is 0 Å². The second kappa shape index (κ2) is 7.96. The third kappa shape index (κ3) is 8.39. The maximum Gasteiger partial charge on any atom is 0.408 e. The van der Waals surface area contributed by atoms with E-state index in [4.69, 9.17) is 4.74 Å². The van der Waals surface area contributed by atoms with Crippen LogP contribution in [-0.2, 0) is 19.0 Å². The average Bonchev–Trinajstić information content (AvgIpc) is 2.30. The van der Waals surface area contributed by atoms with Gasteiger partial charge in [-0.25, -0.2) is 9.59 Å². The zero-order chi connectivity index (χ0) is 15.1. The van der Waals surface area contributed by atoms with E-state index >= 15 is 0 Å². The topological polar surface area (TPSA) is 94.1 Å². The molecule has 0 saturated carbocycles. The fraction of sp³-hybridized carbons (Fsp3) is 0.833. The van der Waals surface area contributed by atoms with Crippen LogP contribution in [0.2, 0.25) is 0 Å². The van der Waals surface area contributed by atoms with Crippen molar-refractivity contribution in [2.75, 3.05) is 14.2 Å². The molecule has 0 radical (unpaired) electrons. The van der Waals surface area contributed by atoms with Gasteiger partial charge >= 0.3 is 12.1 Å². The first-order valence-corrected chi connectivity index (χ1v) is 5.97. The summed E-state index contributed by atoms with van der Waals surface area (Å²) in [5.74, 6) is -0.603. The molecule has 19 heavy (non-hydrogen) atoms. The first-order chi connectivity index (χ1) is 8.69. The number of aliphatic hydroxyl groups is 1. The summed E-state index contributed by atoms with van der Waals surface area (Å²) < 4.78 is 14.3. The fourth-order valence-electron chi connectivity index (χ4n) is 1.27. The Hall–Kier alpha value is -1.34. The molecule has 7 nitrogen and oxygen atoms in total. The van der Waals surface area contributed by atoms with Crippen LogP contribution in [-0.4, -0.2) is 49.3 Å². The molecule has 0 heterocycles. The van der Waals surface area contributed by atoms with Gasteiger partial charge in [0.25, 0.3) is 0 Å². The van der Waals surface area contributed by atoms with Crippen LogP contribution < -0.4 is 5.32 Å². The highest BCUT2D eigenvalue weighted by Gasteiger charge is 2.25. The van der Waals surface area contributed by atoms with Gasteiger partial charge in [0.15, 0.2) is 6.29 Å². The van der Waals surface area contributed by atoms with Gasteiger partial charge in [-0.15, -0.1) is 0 Å². The molecule has 0 aliphatic heterocycles. The highest BCUT2D eigenvalue weighted by molar-refractivity contribution is 5.81. The Labute approximate surface area is 113 Å². The minimum absolute atomic E-state index is 0.181. The lowest BCUT2D eigenvalue weighted by Gasteiger charge is -2.23. The molecule has 112 valence electrons. The van der Waals surface area contributed by atoms with Gasteiger partial charge in [0.2, 0.25) is 0 Å². The lowest BCUT2D eigenvalue weighted by atomic mass is 10.1. The first-order valence-electron chi connectivity index (χ1n) is 5.97. The molecule has 1 amide bonds. The van der Waals surface area contributed by atoms with Crippen molar-refractivity contribution in [3.05, 3.63) is 0 Å². The molecule has 0 aliphatic carbocycles. The van der Waals surface area contributed by atoms with Crippen molar-refractivity contribution in [3.8, 4) is 0 Å². The number of hydrogen-bond acceptors (Lipinski definition) is 6. The number of rotatable bonds is 6. The number of methoxy groups -OCH3 is 2. The zero-order valence-electron chi connectivity index (χ0n) is 12.1. The number of ether oxygens (including phenoxy) is 3. The van der Waals surface area contributed by atoms with E-state index in [0.717, 1.165) is 0 Å². The van der Waals surface area contributed by atoms with E-state index < -0.39 is 30.0 Å². The standard InChI is InChI=1S/C12H23NO6/c1-12(2,3)19-11(16)13-8(10(15)18-5)6-7-9(14)17-4/h8-9,14H,6-7H2,1-5H3,(H,13,16). The molecule has 0 saturated heterocycles. The SMILES string of the molecule is COC(=O)C(CCC(O)OC)NC(=O)OC(C)(C)C. The summed E-state index contributed by atoms with van der Waals surface area (Å²) in [4.78, 5) is 23.1. The smallest absolute Gasteiger partial charge is 0.408 e. The van der Waals surface area contributed by atoms with E-state index in [1.807, 2.05) is 0 Å². The van der Waals surface area contributed by atoms with E-state index in [1.165, 1.54) is 14.2 Å². The van der Waals surface area contributed by atoms with Gasteiger partial charge < -0.3 is 24.6 Å². The van der Waals surface area contributed by atoms with Crippen molar-refractivity contribution in [1.82, 2.24) is 5.32 Å². The van der Waals surface area contributed by atoms with Gasteiger partial charge in [0, 0.05) is 13.5 Å². The van der Waals surface area contributed by atoms with E-state index in [2.05, 4.69) is 14.8 Å². The Kier molecular flexibility index (Phi) is 7.40. The number of hydrogen-bond donors (Lipinski definition) is 2. The monoisotopic (exact) mass is 277 g/mol. The molecule has 2 unspecified atom stereocenters.